The molecule has 4 rings (SSSR count). The minimum Gasteiger partial charge on any atom is -0.494 e. The van der Waals surface area contributed by atoms with Gasteiger partial charge in [-0.15, -0.1) is 0 Å². The Morgan fingerprint density at radius 2 is 1.53 bits per heavy atom. The number of fused-ring (bicyclic) bond motifs is 1. The summed E-state index contributed by atoms with van der Waals surface area (Å²) in [6.45, 7) is 5.79. The zero-order valence-corrected chi connectivity index (χ0v) is 19.6. The molecule has 0 radical (unpaired) electrons. The summed E-state index contributed by atoms with van der Waals surface area (Å²) in [5, 5.41) is -0.164. The molecule has 3 aromatic carbocycles. The van der Waals surface area contributed by atoms with Crippen LogP contribution in [0, 0.1) is 13.8 Å². The zero-order valence-electron chi connectivity index (χ0n) is 19.6. The van der Waals surface area contributed by atoms with Crippen molar-refractivity contribution in [2.24, 2.45) is 0 Å². The molecular formula is C27H21F3O6. The summed E-state index contributed by atoms with van der Waals surface area (Å²) in [6.07, 6.45) is -5.02. The number of carbonyl (C=O) groups is 1. The van der Waals surface area contributed by atoms with Crippen molar-refractivity contribution in [3.8, 4) is 23.0 Å². The lowest BCUT2D eigenvalue weighted by atomic mass is 10.1. The second kappa shape index (κ2) is 9.77. The lowest BCUT2D eigenvalue weighted by Gasteiger charge is -2.14. The number of halogens is 3. The number of carbonyl (C=O) groups excluding carboxylic acids is 1. The number of ether oxygens (including phenoxy) is 3. The molecule has 0 aliphatic heterocycles. The maximum Gasteiger partial charge on any atom is 0.453 e. The van der Waals surface area contributed by atoms with Crippen LogP contribution in [0.2, 0.25) is 0 Å². The summed E-state index contributed by atoms with van der Waals surface area (Å²) in [4.78, 5) is 25.5. The van der Waals surface area contributed by atoms with Gasteiger partial charge in [-0.25, -0.2) is 4.79 Å². The van der Waals surface area contributed by atoms with Crippen molar-refractivity contribution in [2.45, 2.75) is 26.9 Å². The second-order valence-corrected chi connectivity index (χ2v) is 8.02. The van der Waals surface area contributed by atoms with E-state index < -0.39 is 34.7 Å². The van der Waals surface area contributed by atoms with Crippen LogP contribution in [0.3, 0.4) is 0 Å². The number of alkyl halides is 3. The number of hydrogen-bond acceptors (Lipinski definition) is 6. The quantitative estimate of drug-likeness (QED) is 0.214. The highest BCUT2D eigenvalue weighted by Crippen LogP contribution is 2.39. The van der Waals surface area contributed by atoms with Crippen molar-refractivity contribution in [3.05, 3.63) is 93.3 Å². The minimum atomic E-state index is -5.02. The van der Waals surface area contributed by atoms with E-state index in [0.717, 1.165) is 17.2 Å². The first-order valence-corrected chi connectivity index (χ1v) is 10.9. The highest BCUT2D eigenvalue weighted by atomic mass is 19.4. The molecule has 0 N–H and O–H groups in total. The number of esters is 1. The molecule has 9 heteroatoms. The molecule has 36 heavy (non-hydrogen) atoms. The first kappa shape index (κ1) is 24.8. The van der Waals surface area contributed by atoms with Gasteiger partial charge in [0.25, 0.3) is 5.76 Å². The molecule has 0 bridgehead atoms. The Morgan fingerprint density at radius 1 is 0.889 bits per heavy atom. The molecule has 1 aromatic heterocycles. The van der Waals surface area contributed by atoms with Crippen molar-refractivity contribution >= 4 is 16.9 Å². The lowest BCUT2D eigenvalue weighted by molar-refractivity contribution is -0.154. The summed E-state index contributed by atoms with van der Waals surface area (Å²) in [5.74, 6) is -2.76. The minimum absolute atomic E-state index is 0.0746. The van der Waals surface area contributed by atoms with Gasteiger partial charge in [0.2, 0.25) is 11.2 Å². The summed E-state index contributed by atoms with van der Waals surface area (Å²) in [7, 11) is 0. The van der Waals surface area contributed by atoms with Crippen LogP contribution in [-0.4, -0.2) is 12.6 Å². The predicted molar refractivity (Wildman–Crippen MR) is 126 cm³/mol. The normalized spacial score (nSPS) is 11.4. The third-order valence-corrected chi connectivity index (χ3v) is 5.11. The van der Waals surface area contributed by atoms with E-state index in [0.29, 0.717) is 12.4 Å². The first-order chi connectivity index (χ1) is 17.0. The van der Waals surface area contributed by atoms with Crippen molar-refractivity contribution in [3.63, 3.8) is 0 Å². The number of aryl methyl sites for hydroxylation is 2. The average molecular weight is 498 g/mol. The topological polar surface area (TPSA) is 75.0 Å². The zero-order chi connectivity index (χ0) is 26.0. The highest BCUT2D eigenvalue weighted by molar-refractivity contribution is 5.91. The van der Waals surface area contributed by atoms with Crippen molar-refractivity contribution < 1.29 is 36.6 Å². The van der Waals surface area contributed by atoms with Gasteiger partial charge in [-0.3, -0.25) is 4.79 Å². The molecule has 0 atom stereocenters. The Morgan fingerprint density at radius 3 is 2.14 bits per heavy atom. The van der Waals surface area contributed by atoms with Gasteiger partial charge in [-0.1, -0.05) is 6.07 Å². The van der Waals surface area contributed by atoms with E-state index >= 15 is 0 Å². The van der Waals surface area contributed by atoms with Crippen LogP contribution < -0.4 is 19.6 Å². The third-order valence-electron chi connectivity index (χ3n) is 5.11. The molecule has 0 unspecified atom stereocenters. The molecule has 0 aliphatic rings. The number of rotatable bonds is 6. The largest absolute Gasteiger partial charge is 0.494 e. The molecule has 0 saturated heterocycles. The van der Waals surface area contributed by atoms with Crippen molar-refractivity contribution in [1.29, 1.82) is 0 Å². The van der Waals surface area contributed by atoms with E-state index in [9.17, 15) is 22.8 Å². The van der Waals surface area contributed by atoms with Crippen molar-refractivity contribution in [2.75, 3.05) is 6.61 Å². The fourth-order valence-corrected chi connectivity index (χ4v) is 3.63. The van der Waals surface area contributed by atoms with Gasteiger partial charge in [0, 0.05) is 6.07 Å². The smallest absolute Gasteiger partial charge is 0.453 e. The predicted octanol–water partition coefficient (Wildman–Crippen LogP) is 6.84. The Kier molecular flexibility index (Phi) is 6.74. The summed E-state index contributed by atoms with van der Waals surface area (Å²) < 4.78 is 62.6. The Bertz CT molecular complexity index is 1470. The Hall–Kier alpha value is -4.27. The van der Waals surface area contributed by atoms with Crippen LogP contribution in [0.4, 0.5) is 13.2 Å². The van der Waals surface area contributed by atoms with Crippen LogP contribution in [0.25, 0.3) is 11.0 Å². The van der Waals surface area contributed by atoms with Gasteiger partial charge >= 0.3 is 12.1 Å². The van der Waals surface area contributed by atoms with E-state index in [1.54, 1.807) is 26.0 Å². The fourth-order valence-electron chi connectivity index (χ4n) is 3.63. The van der Waals surface area contributed by atoms with Crippen LogP contribution >= 0.6 is 0 Å². The summed E-state index contributed by atoms with van der Waals surface area (Å²) in [6, 6.07) is 14.6. The van der Waals surface area contributed by atoms with E-state index in [4.69, 9.17) is 18.6 Å². The molecule has 4 aromatic rings. The van der Waals surface area contributed by atoms with Crippen LogP contribution in [0.15, 0.2) is 69.9 Å². The van der Waals surface area contributed by atoms with Gasteiger partial charge in [0.1, 0.15) is 22.8 Å². The Labute approximate surface area is 203 Å². The molecule has 0 spiro atoms. The Balaban J connectivity index is 1.70. The van der Waals surface area contributed by atoms with Gasteiger partial charge in [0.05, 0.1) is 17.6 Å². The van der Waals surface area contributed by atoms with Crippen molar-refractivity contribution in [1.82, 2.24) is 0 Å². The van der Waals surface area contributed by atoms with Gasteiger partial charge in [-0.2, -0.15) is 13.2 Å². The molecule has 6 nitrogen and oxygen atoms in total. The highest BCUT2D eigenvalue weighted by Gasteiger charge is 2.40. The van der Waals surface area contributed by atoms with E-state index in [1.807, 2.05) is 13.0 Å². The fraction of sp³-hybridized carbons (Fsp3) is 0.185. The van der Waals surface area contributed by atoms with Crippen LogP contribution in [0.5, 0.6) is 23.0 Å². The van der Waals surface area contributed by atoms with E-state index in [-0.39, 0.29) is 22.4 Å². The van der Waals surface area contributed by atoms with Gasteiger partial charge in [-0.05, 0) is 80.4 Å². The number of hydrogen-bond donors (Lipinski definition) is 0. The summed E-state index contributed by atoms with van der Waals surface area (Å²) >= 11 is 0. The second-order valence-electron chi connectivity index (χ2n) is 8.02. The molecular weight excluding hydrogens is 477 g/mol. The number of benzene rings is 3. The molecule has 0 aliphatic carbocycles. The lowest BCUT2D eigenvalue weighted by Crippen LogP contribution is -2.15. The van der Waals surface area contributed by atoms with Crippen LogP contribution in [-0.2, 0) is 6.18 Å². The molecule has 0 saturated carbocycles. The van der Waals surface area contributed by atoms with E-state index in [2.05, 4.69) is 0 Å². The molecule has 0 amide bonds. The van der Waals surface area contributed by atoms with E-state index in [1.165, 1.54) is 36.4 Å². The maximum absolute atomic E-state index is 13.8. The van der Waals surface area contributed by atoms with Crippen LogP contribution in [0.1, 0.15) is 34.2 Å². The third kappa shape index (κ3) is 5.35. The van der Waals surface area contributed by atoms with Gasteiger partial charge < -0.3 is 18.6 Å². The van der Waals surface area contributed by atoms with Gasteiger partial charge in [0.15, 0.2) is 0 Å². The SMILES string of the molecule is CCOc1ccc(C(=O)Oc2ccc3c(=O)c(Oc4cc(C)cc(C)c4)c(C(F)(F)F)oc3c2)cc1. The monoisotopic (exact) mass is 498 g/mol. The standard InChI is InChI=1S/C27H21F3O6/c1-4-33-18-7-5-17(6-8-18)26(32)35-19-9-10-21-22(14-19)36-25(27(28,29)30)24(23(21)31)34-20-12-15(2)11-16(3)13-20/h5-14H,4H2,1-3H3. The molecule has 0 fully saturated rings. The molecule has 186 valence electrons. The summed E-state index contributed by atoms with van der Waals surface area (Å²) in [5.41, 5.74) is 0.294. The average Bonchev–Trinajstić information content (AvgIpc) is 2.80. The maximum atomic E-state index is 13.8. The first-order valence-electron chi connectivity index (χ1n) is 10.9. The molecule has 1 heterocycles.